The lowest BCUT2D eigenvalue weighted by molar-refractivity contribution is 0.0747. The number of amides is 1. The van der Waals surface area contributed by atoms with Crippen LogP contribution < -0.4 is 16.0 Å². The number of aromatic nitrogens is 3. The molecule has 0 atom stereocenters. The molecule has 3 rings (SSSR count). The zero-order chi connectivity index (χ0) is 20.4. The topological polar surface area (TPSA) is 86.4 Å². The average molecular weight is 382 g/mol. The van der Waals surface area contributed by atoms with Gasteiger partial charge in [-0.2, -0.15) is 0 Å². The molecule has 3 aromatic rings. The summed E-state index contributed by atoms with van der Waals surface area (Å²) in [6.07, 6.45) is 0. The van der Waals surface area contributed by atoms with Gasteiger partial charge in [0.2, 0.25) is 0 Å². The van der Waals surface area contributed by atoms with E-state index in [-0.39, 0.29) is 17.2 Å². The zero-order valence-electron chi connectivity index (χ0n) is 16.3. The van der Waals surface area contributed by atoms with Crippen molar-refractivity contribution >= 4 is 16.9 Å². The molecule has 0 unspecified atom stereocenters. The molecule has 0 saturated heterocycles. The predicted molar refractivity (Wildman–Crippen MR) is 106 cm³/mol. The molecule has 0 spiro atoms. The maximum absolute atomic E-state index is 13.0. The van der Waals surface area contributed by atoms with Gasteiger partial charge in [0.05, 0.1) is 12.5 Å². The fraction of sp³-hybridized carbons (Fsp3) is 0.300. The van der Waals surface area contributed by atoms with Crippen LogP contribution in [0.4, 0.5) is 0 Å². The molecule has 2 aromatic heterocycles. The van der Waals surface area contributed by atoms with E-state index in [1.807, 2.05) is 31.2 Å². The van der Waals surface area contributed by atoms with Crippen molar-refractivity contribution < 1.29 is 9.53 Å². The highest BCUT2D eigenvalue weighted by molar-refractivity contribution is 5.94. The van der Waals surface area contributed by atoms with E-state index in [1.54, 1.807) is 18.1 Å². The minimum atomic E-state index is -0.486. The van der Waals surface area contributed by atoms with Gasteiger partial charge < -0.3 is 9.64 Å². The highest BCUT2D eigenvalue weighted by atomic mass is 16.5. The summed E-state index contributed by atoms with van der Waals surface area (Å²) in [6.45, 7) is 2.78. The number of hydrogen-bond donors (Lipinski definition) is 0. The Bertz CT molecular complexity index is 1150. The van der Waals surface area contributed by atoms with Gasteiger partial charge in [0.25, 0.3) is 11.5 Å². The van der Waals surface area contributed by atoms with Crippen LogP contribution in [0.5, 0.6) is 5.75 Å². The average Bonchev–Trinajstić information content (AvgIpc) is 2.74. The lowest BCUT2D eigenvalue weighted by Gasteiger charge is -2.21. The second kappa shape index (κ2) is 7.67. The van der Waals surface area contributed by atoms with E-state index in [2.05, 4.69) is 4.98 Å². The number of aryl methyl sites for hydroxylation is 1. The Balaban J connectivity index is 1.96. The summed E-state index contributed by atoms with van der Waals surface area (Å²) in [7, 11) is 4.54. The molecule has 0 saturated carbocycles. The highest BCUT2D eigenvalue weighted by Crippen LogP contribution is 2.15. The molecule has 0 fully saturated rings. The van der Waals surface area contributed by atoms with Crippen LogP contribution >= 0.6 is 0 Å². The largest absolute Gasteiger partial charge is 0.497 e. The van der Waals surface area contributed by atoms with Crippen molar-refractivity contribution in [3.05, 3.63) is 68.5 Å². The van der Waals surface area contributed by atoms with Crippen molar-refractivity contribution in [1.82, 2.24) is 19.0 Å². The van der Waals surface area contributed by atoms with E-state index in [0.29, 0.717) is 18.5 Å². The molecular weight excluding hydrogens is 360 g/mol. The molecular formula is C20H22N4O4. The van der Waals surface area contributed by atoms with E-state index < -0.39 is 11.2 Å². The van der Waals surface area contributed by atoms with Crippen LogP contribution in [-0.4, -0.2) is 38.6 Å². The van der Waals surface area contributed by atoms with Gasteiger partial charge in [-0.1, -0.05) is 12.1 Å². The van der Waals surface area contributed by atoms with Gasteiger partial charge in [0.1, 0.15) is 17.1 Å². The van der Waals surface area contributed by atoms with Crippen molar-refractivity contribution in [2.75, 3.05) is 13.7 Å². The number of hydrogen-bond acceptors (Lipinski definition) is 5. The summed E-state index contributed by atoms with van der Waals surface area (Å²) in [5, 5.41) is 0.291. The second-order valence-electron chi connectivity index (χ2n) is 6.44. The first-order valence-electron chi connectivity index (χ1n) is 8.86. The SMILES string of the molecule is CCN(Cc1ccc(OC)cc1)C(=O)c1ccc2c(=O)n(C)c(=O)n(C)c2n1. The van der Waals surface area contributed by atoms with Crippen molar-refractivity contribution in [2.24, 2.45) is 14.1 Å². The minimum absolute atomic E-state index is 0.186. The molecule has 1 aromatic carbocycles. The Kier molecular flexibility index (Phi) is 5.30. The first-order valence-corrected chi connectivity index (χ1v) is 8.86. The monoisotopic (exact) mass is 382 g/mol. The summed E-state index contributed by atoms with van der Waals surface area (Å²) in [4.78, 5) is 43.3. The van der Waals surface area contributed by atoms with Gasteiger partial charge >= 0.3 is 5.69 Å². The maximum Gasteiger partial charge on any atom is 0.332 e. The lowest BCUT2D eigenvalue weighted by atomic mass is 10.2. The number of carbonyl (C=O) groups excluding carboxylic acids is 1. The predicted octanol–water partition coefficient (Wildman–Crippen LogP) is 1.30. The molecule has 146 valence electrons. The number of nitrogens with zero attached hydrogens (tertiary/aromatic N) is 4. The number of pyridine rings is 1. The third-order valence-electron chi connectivity index (χ3n) is 4.72. The summed E-state index contributed by atoms with van der Waals surface area (Å²) in [5.41, 5.74) is 0.416. The Labute approximate surface area is 161 Å². The number of rotatable bonds is 5. The molecule has 1 amide bonds. The van der Waals surface area contributed by atoms with E-state index in [4.69, 9.17) is 4.74 Å². The van der Waals surface area contributed by atoms with E-state index >= 15 is 0 Å². The summed E-state index contributed by atoms with van der Waals surface area (Å²) < 4.78 is 7.44. The lowest BCUT2D eigenvalue weighted by Crippen LogP contribution is -2.37. The number of methoxy groups -OCH3 is 1. The van der Waals surface area contributed by atoms with Gasteiger partial charge in [-0.25, -0.2) is 9.78 Å². The van der Waals surface area contributed by atoms with Gasteiger partial charge in [-0.3, -0.25) is 18.7 Å². The molecule has 0 radical (unpaired) electrons. The van der Waals surface area contributed by atoms with Gasteiger partial charge in [-0.05, 0) is 36.8 Å². The smallest absolute Gasteiger partial charge is 0.332 e. The highest BCUT2D eigenvalue weighted by Gasteiger charge is 2.18. The van der Waals surface area contributed by atoms with Crippen LogP contribution in [-0.2, 0) is 20.6 Å². The number of benzene rings is 1. The molecule has 0 aliphatic rings. The van der Waals surface area contributed by atoms with Crippen LogP contribution in [0.15, 0.2) is 46.0 Å². The molecule has 2 heterocycles. The first kappa shape index (κ1) is 19.3. The van der Waals surface area contributed by atoms with E-state index in [0.717, 1.165) is 15.9 Å². The minimum Gasteiger partial charge on any atom is -0.497 e. The third-order valence-corrected chi connectivity index (χ3v) is 4.72. The molecule has 0 N–H and O–H groups in total. The molecule has 8 heteroatoms. The third kappa shape index (κ3) is 3.40. The summed E-state index contributed by atoms with van der Waals surface area (Å²) >= 11 is 0. The Hall–Kier alpha value is -3.42. The molecule has 0 aliphatic heterocycles. The number of fused-ring (bicyclic) bond motifs is 1. The van der Waals surface area contributed by atoms with Crippen LogP contribution in [0.3, 0.4) is 0 Å². The van der Waals surface area contributed by atoms with E-state index in [9.17, 15) is 14.4 Å². The van der Waals surface area contributed by atoms with Gasteiger partial charge in [-0.15, -0.1) is 0 Å². The zero-order valence-corrected chi connectivity index (χ0v) is 16.3. The van der Waals surface area contributed by atoms with Crippen molar-refractivity contribution in [3.8, 4) is 5.75 Å². The molecule has 8 nitrogen and oxygen atoms in total. The Morgan fingerprint density at radius 3 is 2.36 bits per heavy atom. The maximum atomic E-state index is 13.0. The normalized spacial score (nSPS) is 10.9. The van der Waals surface area contributed by atoms with Crippen LogP contribution in [0, 0.1) is 0 Å². The van der Waals surface area contributed by atoms with E-state index in [1.165, 1.54) is 24.7 Å². The fourth-order valence-corrected chi connectivity index (χ4v) is 3.01. The molecule has 28 heavy (non-hydrogen) atoms. The molecule has 0 aliphatic carbocycles. The number of carbonyl (C=O) groups is 1. The van der Waals surface area contributed by atoms with Crippen molar-refractivity contribution in [2.45, 2.75) is 13.5 Å². The van der Waals surface area contributed by atoms with Gasteiger partial charge in [0.15, 0.2) is 0 Å². The summed E-state index contributed by atoms with van der Waals surface area (Å²) in [5.74, 6) is 0.477. The standard InChI is InChI=1S/C20H22N4O4/c1-5-24(12-13-6-8-14(28-4)9-7-13)19(26)16-11-10-15-17(21-16)22(2)20(27)23(3)18(15)25/h6-11H,5,12H2,1-4H3. The van der Waals surface area contributed by atoms with Crippen molar-refractivity contribution in [3.63, 3.8) is 0 Å². The van der Waals surface area contributed by atoms with Crippen LogP contribution in [0.1, 0.15) is 23.0 Å². The Morgan fingerprint density at radius 1 is 1.07 bits per heavy atom. The van der Waals surface area contributed by atoms with Crippen LogP contribution in [0.25, 0.3) is 11.0 Å². The summed E-state index contributed by atoms with van der Waals surface area (Å²) in [6, 6.07) is 10.5. The quantitative estimate of drug-likeness (QED) is 0.664. The number of ether oxygens (including phenoxy) is 1. The fourth-order valence-electron chi connectivity index (χ4n) is 3.01. The van der Waals surface area contributed by atoms with Crippen LogP contribution in [0.2, 0.25) is 0 Å². The van der Waals surface area contributed by atoms with Gasteiger partial charge in [0, 0.05) is 27.2 Å². The first-order chi connectivity index (χ1) is 13.4. The Morgan fingerprint density at radius 2 is 1.75 bits per heavy atom. The molecule has 0 bridgehead atoms. The van der Waals surface area contributed by atoms with Crippen molar-refractivity contribution in [1.29, 1.82) is 0 Å². The second-order valence-corrected chi connectivity index (χ2v) is 6.44.